The third kappa shape index (κ3) is 53.2. The SMILES string of the molecule is CC/C=C\C/C=C\C/C=C\C/C=C\C/C=C\CCCC(=O)OC[C@@H](COC(=O)CCCCCCC/C=C\CCCCCCCC)OC(=O)CCCCCCCCC/C=C\C/C=C\CCCCC. The van der Waals surface area contributed by atoms with Crippen molar-refractivity contribution in [2.24, 2.45) is 0 Å². The third-order valence-electron chi connectivity index (χ3n) is 11.5. The van der Waals surface area contributed by atoms with Crippen LogP contribution in [0.25, 0.3) is 0 Å². The molecule has 0 aliphatic rings. The highest BCUT2D eigenvalue weighted by Crippen LogP contribution is 2.14. The molecule has 0 aliphatic heterocycles. The van der Waals surface area contributed by atoms with Crippen LogP contribution in [0.4, 0.5) is 0 Å². The van der Waals surface area contributed by atoms with Crippen LogP contribution in [0.3, 0.4) is 0 Å². The van der Waals surface area contributed by atoms with Crippen LogP contribution < -0.4 is 0 Å². The first kappa shape index (κ1) is 63.3. The lowest BCUT2D eigenvalue weighted by Gasteiger charge is -2.18. The quantitative estimate of drug-likeness (QED) is 0.0262. The highest BCUT2D eigenvalue weighted by atomic mass is 16.6. The van der Waals surface area contributed by atoms with Gasteiger partial charge in [0.2, 0.25) is 0 Å². The van der Waals surface area contributed by atoms with Gasteiger partial charge in [-0.15, -0.1) is 0 Å². The molecule has 67 heavy (non-hydrogen) atoms. The zero-order valence-corrected chi connectivity index (χ0v) is 43.6. The van der Waals surface area contributed by atoms with E-state index < -0.39 is 6.10 Å². The number of unbranched alkanes of at least 4 members (excludes halogenated alkanes) is 22. The van der Waals surface area contributed by atoms with Crippen molar-refractivity contribution in [3.8, 4) is 0 Å². The van der Waals surface area contributed by atoms with Gasteiger partial charge in [-0.3, -0.25) is 14.4 Å². The van der Waals surface area contributed by atoms with Crippen molar-refractivity contribution >= 4 is 17.9 Å². The molecule has 1 atom stereocenters. The smallest absolute Gasteiger partial charge is 0.306 e. The minimum absolute atomic E-state index is 0.103. The zero-order valence-electron chi connectivity index (χ0n) is 43.6. The molecule has 0 unspecified atom stereocenters. The number of carbonyl (C=O) groups is 3. The number of rotatable bonds is 49. The van der Waals surface area contributed by atoms with Gasteiger partial charge < -0.3 is 14.2 Å². The molecule has 0 radical (unpaired) electrons. The first-order valence-electron chi connectivity index (χ1n) is 27.7. The molecule has 0 rings (SSSR count). The summed E-state index contributed by atoms with van der Waals surface area (Å²) in [4.78, 5) is 38.1. The van der Waals surface area contributed by atoms with Gasteiger partial charge in [0, 0.05) is 19.3 Å². The maximum atomic E-state index is 12.8. The fraction of sp³-hybridized carbons (Fsp3) is 0.689. The Balaban J connectivity index is 4.51. The molecule has 0 bridgehead atoms. The van der Waals surface area contributed by atoms with Crippen LogP contribution in [-0.2, 0) is 28.6 Å². The largest absolute Gasteiger partial charge is 0.462 e. The summed E-state index contributed by atoms with van der Waals surface area (Å²) >= 11 is 0. The number of allylic oxidation sites excluding steroid dienone is 16. The lowest BCUT2D eigenvalue weighted by Crippen LogP contribution is -2.30. The number of hydrogen-bond donors (Lipinski definition) is 0. The van der Waals surface area contributed by atoms with Gasteiger partial charge in [-0.1, -0.05) is 214 Å². The summed E-state index contributed by atoms with van der Waals surface area (Å²) < 4.78 is 16.8. The molecule has 6 heteroatoms. The van der Waals surface area contributed by atoms with Gasteiger partial charge >= 0.3 is 17.9 Å². The molecule has 0 aliphatic carbocycles. The number of ether oxygens (including phenoxy) is 3. The van der Waals surface area contributed by atoms with Crippen LogP contribution in [0.15, 0.2) is 97.2 Å². The second kappa shape index (κ2) is 54.9. The molecule has 0 spiro atoms. The first-order chi connectivity index (χ1) is 33.0. The van der Waals surface area contributed by atoms with E-state index in [1.807, 2.05) is 0 Å². The van der Waals surface area contributed by atoms with E-state index in [1.165, 1.54) is 103 Å². The molecular formula is C61H102O6. The van der Waals surface area contributed by atoms with E-state index in [1.54, 1.807) is 0 Å². The molecule has 0 amide bonds. The summed E-state index contributed by atoms with van der Waals surface area (Å²) in [7, 11) is 0. The predicted octanol–water partition coefficient (Wildman–Crippen LogP) is 18.5. The lowest BCUT2D eigenvalue weighted by atomic mass is 10.1. The van der Waals surface area contributed by atoms with Crippen molar-refractivity contribution in [3.63, 3.8) is 0 Å². The summed E-state index contributed by atoms with van der Waals surface area (Å²) in [5.41, 5.74) is 0. The third-order valence-corrected chi connectivity index (χ3v) is 11.5. The van der Waals surface area contributed by atoms with Crippen LogP contribution in [0.2, 0.25) is 0 Å². The van der Waals surface area contributed by atoms with Crippen molar-refractivity contribution in [2.75, 3.05) is 13.2 Å². The van der Waals surface area contributed by atoms with E-state index in [0.717, 1.165) is 103 Å². The minimum Gasteiger partial charge on any atom is -0.462 e. The summed E-state index contributed by atoms with van der Waals surface area (Å²) in [6.45, 7) is 6.43. The predicted molar refractivity (Wildman–Crippen MR) is 288 cm³/mol. The standard InChI is InChI=1S/C61H102O6/c1-4-7-10-13-16-19-22-25-28-30-33-36-39-42-45-48-51-54-60(63)66-57-58(56-65-59(62)53-50-47-44-41-38-35-32-27-24-21-18-15-12-9-6-3)67-61(64)55-52-49-46-43-40-37-34-31-29-26-23-20-17-14-11-8-5-2/h7,10,16-17,19-20,25-29,32-33,36,42,45,58H,4-6,8-9,11-15,18,21-24,30-31,34-35,37-41,43-44,46-57H2,1-3H3/b10-7-,19-16-,20-17-,28-25-,29-26-,32-27-,36-33-,45-42-/t58-/m1/s1. The van der Waals surface area contributed by atoms with Gasteiger partial charge in [-0.05, 0) is 116 Å². The summed E-state index contributed by atoms with van der Waals surface area (Å²) in [6, 6.07) is 0. The molecule has 6 nitrogen and oxygen atoms in total. The summed E-state index contributed by atoms with van der Waals surface area (Å²) in [6.07, 6.45) is 72.5. The second-order valence-electron chi connectivity index (χ2n) is 18.1. The molecule has 0 heterocycles. The normalized spacial score (nSPS) is 12.8. The summed E-state index contributed by atoms with van der Waals surface area (Å²) in [5, 5.41) is 0. The van der Waals surface area contributed by atoms with E-state index in [-0.39, 0.29) is 37.5 Å². The Bertz CT molecular complexity index is 1350. The van der Waals surface area contributed by atoms with Gasteiger partial charge in [0.05, 0.1) is 0 Å². The van der Waals surface area contributed by atoms with E-state index in [9.17, 15) is 14.4 Å². The first-order valence-corrected chi connectivity index (χ1v) is 27.7. The molecule has 0 aromatic rings. The van der Waals surface area contributed by atoms with Crippen LogP contribution >= 0.6 is 0 Å². The second-order valence-corrected chi connectivity index (χ2v) is 18.1. The highest BCUT2D eigenvalue weighted by molar-refractivity contribution is 5.71. The average molecular weight is 931 g/mol. The zero-order chi connectivity index (χ0) is 48.6. The van der Waals surface area contributed by atoms with Gasteiger partial charge in [0.1, 0.15) is 13.2 Å². The Labute approximate surface area is 413 Å². The van der Waals surface area contributed by atoms with Crippen LogP contribution in [0, 0.1) is 0 Å². The molecule has 0 saturated heterocycles. The summed E-state index contributed by atoms with van der Waals surface area (Å²) in [5.74, 6) is -0.979. The van der Waals surface area contributed by atoms with Crippen molar-refractivity contribution < 1.29 is 28.6 Å². The van der Waals surface area contributed by atoms with E-state index in [0.29, 0.717) is 19.3 Å². The van der Waals surface area contributed by atoms with Crippen molar-refractivity contribution in [3.05, 3.63) is 97.2 Å². The Morgan fingerprint density at radius 2 is 0.597 bits per heavy atom. The molecule has 0 N–H and O–H groups in total. The molecule has 382 valence electrons. The number of carbonyl (C=O) groups excluding carboxylic acids is 3. The van der Waals surface area contributed by atoms with Crippen LogP contribution in [0.5, 0.6) is 0 Å². The lowest BCUT2D eigenvalue weighted by molar-refractivity contribution is -0.167. The van der Waals surface area contributed by atoms with Gasteiger partial charge in [0.25, 0.3) is 0 Å². The van der Waals surface area contributed by atoms with E-state index >= 15 is 0 Å². The Hall–Kier alpha value is -3.67. The Kier molecular flexibility index (Phi) is 51.9. The molecular weight excluding hydrogens is 829 g/mol. The topological polar surface area (TPSA) is 78.9 Å². The van der Waals surface area contributed by atoms with Crippen LogP contribution in [0.1, 0.15) is 252 Å². The fourth-order valence-electron chi connectivity index (χ4n) is 7.38. The fourth-order valence-corrected chi connectivity index (χ4v) is 7.38. The monoisotopic (exact) mass is 931 g/mol. The van der Waals surface area contributed by atoms with Gasteiger partial charge in [-0.2, -0.15) is 0 Å². The number of hydrogen-bond acceptors (Lipinski definition) is 6. The van der Waals surface area contributed by atoms with Gasteiger partial charge in [0.15, 0.2) is 6.10 Å². The number of esters is 3. The highest BCUT2D eigenvalue weighted by Gasteiger charge is 2.19. The van der Waals surface area contributed by atoms with Crippen molar-refractivity contribution in [1.82, 2.24) is 0 Å². The molecule has 0 aromatic carbocycles. The maximum Gasteiger partial charge on any atom is 0.306 e. The molecule has 0 saturated carbocycles. The average Bonchev–Trinajstić information content (AvgIpc) is 3.33. The maximum absolute atomic E-state index is 12.8. The molecule has 0 fully saturated rings. The van der Waals surface area contributed by atoms with Gasteiger partial charge in [-0.25, -0.2) is 0 Å². The van der Waals surface area contributed by atoms with E-state index in [4.69, 9.17) is 14.2 Å². The van der Waals surface area contributed by atoms with E-state index in [2.05, 4.69) is 118 Å². The van der Waals surface area contributed by atoms with Crippen molar-refractivity contribution in [2.45, 2.75) is 258 Å². The Morgan fingerprint density at radius 3 is 1.01 bits per heavy atom. The minimum atomic E-state index is -0.809. The van der Waals surface area contributed by atoms with Crippen molar-refractivity contribution in [1.29, 1.82) is 0 Å². The molecule has 0 aromatic heterocycles. The Morgan fingerprint density at radius 1 is 0.313 bits per heavy atom. The van der Waals surface area contributed by atoms with Crippen LogP contribution in [-0.4, -0.2) is 37.2 Å².